The lowest BCUT2D eigenvalue weighted by atomic mass is 10.0. The van der Waals surface area contributed by atoms with E-state index in [9.17, 15) is 8.42 Å². The number of rotatable bonds is 2. The lowest BCUT2D eigenvalue weighted by Crippen LogP contribution is -2.05. The van der Waals surface area contributed by atoms with Crippen LogP contribution in [-0.4, -0.2) is 25.7 Å². The molecule has 0 atom stereocenters. The Balaban J connectivity index is 2.36. The molecule has 1 aromatic heterocycles. The third-order valence-corrected chi connectivity index (χ3v) is 5.25. The standard InChI is InChI=1S/C14H13N3O2S/c1-2-6-16-14-10(15)8-17-11-3-4-12-9(13(11)14)5-7-20(12,18)19/h1,3-4,8H,5-7,15H2,(H,16,17). The molecule has 20 heavy (non-hydrogen) atoms. The van der Waals surface area contributed by atoms with Crippen molar-refractivity contribution in [2.75, 3.05) is 23.3 Å². The Morgan fingerprint density at radius 3 is 3.00 bits per heavy atom. The minimum Gasteiger partial charge on any atom is -0.396 e. The van der Waals surface area contributed by atoms with E-state index in [1.165, 1.54) is 0 Å². The van der Waals surface area contributed by atoms with Crippen molar-refractivity contribution < 1.29 is 8.42 Å². The number of benzene rings is 1. The van der Waals surface area contributed by atoms with Gasteiger partial charge in [-0.1, -0.05) is 5.92 Å². The summed E-state index contributed by atoms with van der Waals surface area (Å²) in [5.41, 5.74) is 8.57. The number of nitrogens with two attached hydrogens (primary N) is 1. The second kappa shape index (κ2) is 4.39. The van der Waals surface area contributed by atoms with Crippen LogP contribution in [0.25, 0.3) is 10.9 Å². The first-order valence-electron chi connectivity index (χ1n) is 6.15. The fourth-order valence-electron chi connectivity index (χ4n) is 2.57. The van der Waals surface area contributed by atoms with Crippen molar-refractivity contribution >= 4 is 32.1 Å². The van der Waals surface area contributed by atoms with Gasteiger partial charge >= 0.3 is 0 Å². The zero-order valence-corrected chi connectivity index (χ0v) is 11.5. The number of nitrogens with one attached hydrogen (secondary N) is 1. The Morgan fingerprint density at radius 2 is 2.25 bits per heavy atom. The molecule has 0 bridgehead atoms. The van der Waals surface area contributed by atoms with Gasteiger partial charge in [0.25, 0.3) is 0 Å². The number of nitrogen functional groups attached to an aromatic ring is 1. The van der Waals surface area contributed by atoms with E-state index in [4.69, 9.17) is 12.2 Å². The number of nitrogens with zero attached hydrogens (tertiary/aromatic N) is 1. The van der Waals surface area contributed by atoms with Crippen molar-refractivity contribution in [1.29, 1.82) is 0 Å². The quantitative estimate of drug-likeness (QED) is 0.810. The molecule has 2 aromatic rings. The van der Waals surface area contributed by atoms with E-state index < -0.39 is 9.84 Å². The second-order valence-electron chi connectivity index (χ2n) is 4.65. The number of aryl methyl sites for hydroxylation is 1. The topological polar surface area (TPSA) is 85.1 Å². The zero-order valence-electron chi connectivity index (χ0n) is 10.7. The first-order chi connectivity index (χ1) is 9.54. The first kappa shape index (κ1) is 12.8. The largest absolute Gasteiger partial charge is 0.396 e. The van der Waals surface area contributed by atoms with Gasteiger partial charge in [0.15, 0.2) is 9.84 Å². The molecule has 2 heterocycles. The monoisotopic (exact) mass is 287 g/mol. The summed E-state index contributed by atoms with van der Waals surface area (Å²) in [7, 11) is -3.18. The highest BCUT2D eigenvalue weighted by Gasteiger charge is 2.29. The minimum absolute atomic E-state index is 0.130. The maximum absolute atomic E-state index is 12.0. The van der Waals surface area contributed by atoms with Gasteiger partial charge in [-0.05, 0) is 24.1 Å². The Bertz CT molecular complexity index is 851. The molecule has 1 aliphatic rings. The summed E-state index contributed by atoms with van der Waals surface area (Å²) >= 11 is 0. The molecule has 0 saturated carbocycles. The number of anilines is 2. The highest BCUT2D eigenvalue weighted by molar-refractivity contribution is 7.91. The molecule has 3 N–H and O–H groups in total. The SMILES string of the molecule is C#CCNc1c(N)cnc2ccc3c(c12)CCS3(=O)=O. The Morgan fingerprint density at radius 1 is 1.45 bits per heavy atom. The van der Waals surface area contributed by atoms with Gasteiger partial charge in [0, 0.05) is 5.39 Å². The van der Waals surface area contributed by atoms with Crippen molar-refractivity contribution in [3.63, 3.8) is 0 Å². The van der Waals surface area contributed by atoms with Crippen LogP contribution in [0.3, 0.4) is 0 Å². The summed E-state index contributed by atoms with van der Waals surface area (Å²) in [5, 5.41) is 3.83. The summed E-state index contributed by atoms with van der Waals surface area (Å²) in [4.78, 5) is 4.64. The van der Waals surface area contributed by atoms with E-state index in [1.54, 1.807) is 18.3 Å². The van der Waals surface area contributed by atoms with Crippen LogP contribution in [-0.2, 0) is 16.3 Å². The molecule has 6 heteroatoms. The summed E-state index contributed by atoms with van der Waals surface area (Å²) in [5.74, 6) is 2.62. The van der Waals surface area contributed by atoms with Crippen molar-refractivity contribution in [3.05, 3.63) is 23.9 Å². The van der Waals surface area contributed by atoms with Gasteiger partial charge in [0.1, 0.15) is 0 Å². The molecule has 0 aliphatic carbocycles. The summed E-state index contributed by atoms with van der Waals surface area (Å²) < 4.78 is 24.0. The fraction of sp³-hybridized carbons (Fsp3) is 0.214. The van der Waals surface area contributed by atoms with Gasteiger partial charge in [0.2, 0.25) is 0 Å². The Kier molecular flexibility index (Phi) is 2.80. The molecular weight excluding hydrogens is 274 g/mol. The van der Waals surface area contributed by atoms with Gasteiger partial charge < -0.3 is 11.1 Å². The molecule has 0 spiro atoms. The van der Waals surface area contributed by atoms with E-state index in [2.05, 4.69) is 16.2 Å². The van der Waals surface area contributed by atoms with Crippen LogP contribution in [0.4, 0.5) is 11.4 Å². The Hall–Kier alpha value is -2.26. The molecule has 0 amide bonds. The van der Waals surface area contributed by atoms with Crippen molar-refractivity contribution in [3.8, 4) is 12.3 Å². The van der Waals surface area contributed by atoms with Crippen LogP contribution in [0, 0.1) is 12.3 Å². The van der Waals surface area contributed by atoms with Gasteiger partial charge in [-0.15, -0.1) is 6.42 Å². The number of terminal acetylenes is 1. The van der Waals surface area contributed by atoms with Crippen LogP contribution in [0.5, 0.6) is 0 Å². The molecule has 0 unspecified atom stereocenters. The van der Waals surface area contributed by atoms with Gasteiger partial charge in [-0.2, -0.15) is 0 Å². The fourth-order valence-corrected chi connectivity index (χ4v) is 4.11. The van der Waals surface area contributed by atoms with E-state index >= 15 is 0 Å². The van der Waals surface area contributed by atoms with Crippen molar-refractivity contribution in [2.24, 2.45) is 0 Å². The number of pyridine rings is 1. The maximum Gasteiger partial charge on any atom is 0.179 e. The molecule has 1 aromatic carbocycles. The maximum atomic E-state index is 12.0. The van der Waals surface area contributed by atoms with E-state index in [0.29, 0.717) is 29.2 Å². The van der Waals surface area contributed by atoms with Gasteiger partial charge in [0.05, 0.1) is 40.3 Å². The minimum atomic E-state index is -3.18. The summed E-state index contributed by atoms with van der Waals surface area (Å²) in [6.07, 6.45) is 7.29. The number of hydrogen-bond acceptors (Lipinski definition) is 5. The third kappa shape index (κ3) is 1.79. The van der Waals surface area contributed by atoms with Crippen molar-refractivity contribution in [1.82, 2.24) is 4.98 Å². The second-order valence-corrected chi connectivity index (χ2v) is 6.73. The Labute approximate surface area is 117 Å². The first-order valence-corrected chi connectivity index (χ1v) is 7.80. The highest BCUT2D eigenvalue weighted by Crippen LogP contribution is 2.37. The predicted octanol–water partition coefficient (Wildman–Crippen LogP) is 1.19. The summed E-state index contributed by atoms with van der Waals surface area (Å²) in [6, 6.07) is 3.33. The molecular formula is C14H13N3O2S. The molecule has 0 saturated heterocycles. The third-order valence-electron chi connectivity index (χ3n) is 3.45. The molecule has 102 valence electrons. The normalized spacial score (nSPS) is 15.8. The van der Waals surface area contributed by atoms with Gasteiger partial charge in [-0.25, -0.2) is 8.42 Å². The van der Waals surface area contributed by atoms with Crippen LogP contribution < -0.4 is 11.1 Å². The number of hydrogen-bond donors (Lipinski definition) is 2. The predicted molar refractivity (Wildman–Crippen MR) is 79.2 cm³/mol. The molecule has 1 aliphatic heterocycles. The molecule has 5 nitrogen and oxygen atoms in total. The molecule has 3 rings (SSSR count). The lowest BCUT2D eigenvalue weighted by molar-refractivity contribution is 0.600. The van der Waals surface area contributed by atoms with E-state index in [1.807, 2.05) is 0 Å². The summed E-state index contributed by atoms with van der Waals surface area (Å²) in [6.45, 7) is 0.319. The van der Waals surface area contributed by atoms with Crippen LogP contribution in [0.1, 0.15) is 5.56 Å². The average molecular weight is 287 g/mol. The number of aromatic nitrogens is 1. The molecule has 0 radical (unpaired) electrons. The van der Waals surface area contributed by atoms with Crippen LogP contribution in [0.15, 0.2) is 23.2 Å². The van der Waals surface area contributed by atoms with E-state index in [0.717, 1.165) is 16.5 Å². The smallest absolute Gasteiger partial charge is 0.179 e. The average Bonchev–Trinajstić information content (AvgIpc) is 2.73. The number of sulfone groups is 1. The number of fused-ring (bicyclic) bond motifs is 3. The van der Waals surface area contributed by atoms with Gasteiger partial charge in [-0.3, -0.25) is 4.98 Å². The lowest BCUT2D eigenvalue weighted by Gasteiger charge is -2.13. The van der Waals surface area contributed by atoms with Crippen molar-refractivity contribution in [2.45, 2.75) is 11.3 Å². The van der Waals surface area contributed by atoms with Crippen LogP contribution in [0.2, 0.25) is 0 Å². The highest BCUT2D eigenvalue weighted by atomic mass is 32.2. The zero-order chi connectivity index (χ0) is 14.3. The molecule has 0 fully saturated rings. The van der Waals surface area contributed by atoms with Crippen LogP contribution >= 0.6 is 0 Å². The van der Waals surface area contributed by atoms with E-state index in [-0.39, 0.29) is 5.75 Å².